The summed E-state index contributed by atoms with van der Waals surface area (Å²) in [6.07, 6.45) is 1.13. The van der Waals surface area contributed by atoms with Gasteiger partial charge in [0.15, 0.2) is 0 Å². The number of ether oxygens (including phenoxy) is 3. The lowest BCUT2D eigenvalue weighted by molar-refractivity contribution is -0.121. The Balaban J connectivity index is 1.39. The first kappa shape index (κ1) is 25.4. The van der Waals surface area contributed by atoms with Crippen molar-refractivity contribution < 1.29 is 19.0 Å². The highest BCUT2D eigenvalue weighted by Gasteiger charge is 2.29. The highest BCUT2D eigenvalue weighted by molar-refractivity contribution is 5.80. The van der Waals surface area contributed by atoms with Gasteiger partial charge in [0.05, 0.1) is 26.9 Å². The molecule has 5 nitrogen and oxygen atoms in total. The largest absolute Gasteiger partial charge is 0.497 e. The van der Waals surface area contributed by atoms with E-state index in [1.54, 1.807) is 14.2 Å². The molecule has 1 atom stereocenters. The summed E-state index contributed by atoms with van der Waals surface area (Å²) in [7, 11) is 3.25. The molecule has 1 aliphatic carbocycles. The maximum atomic E-state index is 13.5. The summed E-state index contributed by atoms with van der Waals surface area (Å²) in [5.41, 5.74) is 6.93. The predicted octanol–water partition coefficient (Wildman–Crippen LogP) is 6.90. The van der Waals surface area contributed by atoms with Crippen LogP contribution in [0, 0.1) is 0 Å². The van der Waals surface area contributed by atoms with Crippen molar-refractivity contribution in [3.63, 3.8) is 0 Å². The fourth-order valence-corrected chi connectivity index (χ4v) is 5.40. The molecule has 0 aliphatic heterocycles. The average Bonchev–Trinajstić information content (AvgIpc) is 3.29. The van der Waals surface area contributed by atoms with Crippen molar-refractivity contribution in [2.45, 2.75) is 31.7 Å². The van der Waals surface area contributed by atoms with E-state index in [1.807, 2.05) is 49.4 Å². The van der Waals surface area contributed by atoms with Gasteiger partial charge in [-0.1, -0.05) is 60.7 Å². The van der Waals surface area contributed by atoms with E-state index in [-0.39, 0.29) is 17.9 Å². The van der Waals surface area contributed by atoms with Crippen molar-refractivity contribution in [2.75, 3.05) is 20.8 Å². The normalized spacial score (nSPS) is 12.8. The average molecular weight is 508 g/mol. The van der Waals surface area contributed by atoms with E-state index in [9.17, 15) is 4.79 Å². The number of nitrogens with one attached hydrogen (secondary N) is 1. The van der Waals surface area contributed by atoms with Crippen LogP contribution in [0.5, 0.6) is 17.2 Å². The topological polar surface area (TPSA) is 56.8 Å². The number of carbonyl (C=O) groups excluding carboxylic acids is 1. The minimum absolute atomic E-state index is 0.0105. The Morgan fingerprint density at radius 1 is 0.816 bits per heavy atom. The highest BCUT2D eigenvalue weighted by Crippen LogP contribution is 2.46. The van der Waals surface area contributed by atoms with Gasteiger partial charge in [0.25, 0.3) is 0 Å². The Bertz CT molecular complexity index is 1370. The SMILES string of the molecule is CCOc1ccc(C(NC(=O)CCC2c3ccccc3-c3ccccc32)c2ccc(OC)cc2OC)cc1. The summed E-state index contributed by atoms with van der Waals surface area (Å²) in [5, 5.41) is 3.28. The van der Waals surface area contributed by atoms with Crippen LogP contribution in [0.3, 0.4) is 0 Å². The van der Waals surface area contributed by atoms with Gasteiger partial charge in [0.1, 0.15) is 17.2 Å². The molecule has 5 heteroatoms. The molecule has 0 saturated heterocycles. The molecule has 38 heavy (non-hydrogen) atoms. The Labute approximate surface area is 224 Å². The van der Waals surface area contributed by atoms with E-state index in [1.165, 1.54) is 22.3 Å². The van der Waals surface area contributed by atoms with Crippen LogP contribution >= 0.6 is 0 Å². The zero-order chi connectivity index (χ0) is 26.5. The summed E-state index contributed by atoms with van der Waals surface area (Å²) in [4.78, 5) is 13.5. The first-order valence-electron chi connectivity index (χ1n) is 13.0. The fraction of sp³-hybridized carbons (Fsp3) is 0.242. The number of benzene rings is 4. The highest BCUT2D eigenvalue weighted by atomic mass is 16.5. The van der Waals surface area contributed by atoms with Gasteiger partial charge in [-0.25, -0.2) is 0 Å². The summed E-state index contributed by atoms with van der Waals surface area (Å²) in [5.74, 6) is 2.33. The van der Waals surface area contributed by atoms with Gasteiger partial charge in [-0.15, -0.1) is 0 Å². The molecule has 4 aromatic carbocycles. The zero-order valence-corrected chi connectivity index (χ0v) is 22.1. The molecule has 0 radical (unpaired) electrons. The Hall–Kier alpha value is -4.25. The summed E-state index contributed by atoms with van der Waals surface area (Å²) in [6, 6.07) is 30.2. The van der Waals surface area contributed by atoms with Gasteiger partial charge in [0.2, 0.25) is 5.91 Å². The molecule has 5 rings (SSSR count). The summed E-state index contributed by atoms with van der Waals surface area (Å²) in [6.45, 7) is 2.56. The van der Waals surface area contributed by atoms with Crippen molar-refractivity contribution in [2.24, 2.45) is 0 Å². The minimum atomic E-state index is -0.387. The molecule has 0 heterocycles. The number of methoxy groups -OCH3 is 2. The molecular weight excluding hydrogens is 474 g/mol. The third kappa shape index (κ3) is 5.10. The molecular formula is C33H33NO4. The number of hydrogen-bond acceptors (Lipinski definition) is 4. The second-order valence-corrected chi connectivity index (χ2v) is 9.38. The molecule has 0 aromatic heterocycles. The van der Waals surface area contributed by atoms with Gasteiger partial charge >= 0.3 is 0 Å². The standard InChI is InChI=1S/C33H33NO4/c1-4-38-23-15-13-22(14-16-23)33(30-18-17-24(36-2)21-31(30)37-3)34-32(35)20-19-29-27-11-7-5-9-25(27)26-10-6-8-12-28(26)29/h5-18,21,29,33H,4,19-20H2,1-3H3,(H,34,35). The minimum Gasteiger partial charge on any atom is -0.497 e. The third-order valence-corrected chi connectivity index (χ3v) is 7.20. The predicted molar refractivity (Wildman–Crippen MR) is 150 cm³/mol. The number of hydrogen-bond donors (Lipinski definition) is 1. The molecule has 0 fully saturated rings. The third-order valence-electron chi connectivity index (χ3n) is 7.20. The van der Waals surface area contributed by atoms with Crippen LogP contribution in [-0.4, -0.2) is 26.7 Å². The van der Waals surface area contributed by atoms with E-state index < -0.39 is 0 Å². The summed E-state index contributed by atoms with van der Waals surface area (Å²) >= 11 is 0. The first-order chi connectivity index (χ1) is 18.6. The van der Waals surface area contributed by atoms with Gasteiger partial charge < -0.3 is 19.5 Å². The molecule has 1 amide bonds. The fourth-order valence-electron chi connectivity index (χ4n) is 5.40. The number of fused-ring (bicyclic) bond motifs is 3. The van der Waals surface area contributed by atoms with Crippen LogP contribution in [-0.2, 0) is 4.79 Å². The van der Waals surface area contributed by atoms with Gasteiger partial charge in [-0.05, 0) is 65.4 Å². The van der Waals surface area contributed by atoms with Crippen LogP contribution in [0.15, 0.2) is 91.0 Å². The van der Waals surface area contributed by atoms with E-state index in [0.29, 0.717) is 24.5 Å². The molecule has 1 aliphatic rings. The van der Waals surface area contributed by atoms with Gasteiger partial charge in [-0.2, -0.15) is 0 Å². The molecule has 0 saturated carbocycles. The molecule has 0 bridgehead atoms. The molecule has 0 spiro atoms. The van der Waals surface area contributed by atoms with Crippen molar-refractivity contribution in [1.29, 1.82) is 0 Å². The molecule has 1 N–H and O–H groups in total. The number of amides is 1. The zero-order valence-electron chi connectivity index (χ0n) is 22.1. The molecule has 194 valence electrons. The summed E-state index contributed by atoms with van der Waals surface area (Å²) < 4.78 is 16.7. The second kappa shape index (κ2) is 11.4. The van der Waals surface area contributed by atoms with E-state index in [2.05, 4.69) is 53.8 Å². The Kier molecular flexibility index (Phi) is 7.64. The first-order valence-corrected chi connectivity index (χ1v) is 13.0. The van der Waals surface area contributed by atoms with E-state index >= 15 is 0 Å². The maximum absolute atomic E-state index is 13.5. The molecule has 4 aromatic rings. The van der Waals surface area contributed by atoms with E-state index in [4.69, 9.17) is 14.2 Å². The Morgan fingerprint density at radius 2 is 1.45 bits per heavy atom. The van der Waals surface area contributed by atoms with Crippen LogP contribution in [0.2, 0.25) is 0 Å². The van der Waals surface area contributed by atoms with Crippen LogP contribution in [0.1, 0.15) is 54.0 Å². The monoisotopic (exact) mass is 507 g/mol. The van der Waals surface area contributed by atoms with E-state index in [0.717, 1.165) is 23.3 Å². The smallest absolute Gasteiger partial charge is 0.220 e. The quantitative estimate of drug-likeness (QED) is 0.254. The Morgan fingerprint density at radius 3 is 2.05 bits per heavy atom. The molecule has 1 unspecified atom stereocenters. The van der Waals surface area contributed by atoms with Crippen LogP contribution in [0.4, 0.5) is 0 Å². The lowest BCUT2D eigenvalue weighted by Gasteiger charge is -2.23. The van der Waals surface area contributed by atoms with Crippen molar-refractivity contribution in [3.8, 4) is 28.4 Å². The number of rotatable bonds is 10. The van der Waals surface area contributed by atoms with Crippen molar-refractivity contribution >= 4 is 5.91 Å². The second-order valence-electron chi connectivity index (χ2n) is 9.38. The van der Waals surface area contributed by atoms with Crippen molar-refractivity contribution in [3.05, 3.63) is 113 Å². The van der Waals surface area contributed by atoms with Crippen LogP contribution < -0.4 is 19.5 Å². The van der Waals surface area contributed by atoms with Gasteiger partial charge in [-0.3, -0.25) is 4.79 Å². The number of carbonyl (C=O) groups is 1. The van der Waals surface area contributed by atoms with Crippen LogP contribution in [0.25, 0.3) is 11.1 Å². The lowest BCUT2D eigenvalue weighted by atomic mass is 9.91. The van der Waals surface area contributed by atoms with Gasteiger partial charge in [0, 0.05) is 24.0 Å². The van der Waals surface area contributed by atoms with Crippen molar-refractivity contribution in [1.82, 2.24) is 5.32 Å². The lowest BCUT2D eigenvalue weighted by Crippen LogP contribution is -2.29. The maximum Gasteiger partial charge on any atom is 0.220 e.